The molecule has 1 aliphatic heterocycles. The van der Waals surface area contributed by atoms with Crippen molar-refractivity contribution < 1.29 is 9.53 Å². The molecule has 5 nitrogen and oxygen atoms in total. The molecule has 2 N–H and O–H groups in total. The van der Waals surface area contributed by atoms with Crippen LogP contribution in [0.15, 0.2) is 36.5 Å². The maximum atomic E-state index is 12.6. The van der Waals surface area contributed by atoms with Gasteiger partial charge in [0.25, 0.3) is 5.91 Å². The lowest BCUT2D eigenvalue weighted by atomic mass is 10.2. The van der Waals surface area contributed by atoms with Crippen LogP contribution in [0.5, 0.6) is 11.5 Å². The maximum absolute atomic E-state index is 12.6. The molecule has 0 atom stereocenters. The summed E-state index contributed by atoms with van der Waals surface area (Å²) in [6, 6.07) is 8.48. The Bertz CT molecular complexity index is 675. The highest BCUT2D eigenvalue weighted by Crippen LogP contribution is 2.37. The topological polar surface area (TPSA) is 68.5 Å². The third-order valence-corrected chi connectivity index (χ3v) is 3.23. The molecule has 2 aromatic rings. The first-order chi connectivity index (χ1) is 9.70. The van der Waals surface area contributed by atoms with Crippen molar-refractivity contribution in [1.29, 1.82) is 0 Å². The molecule has 0 aliphatic carbocycles. The van der Waals surface area contributed by atoms with Crippen molar-refractivity contribution >= 4 is 23.3 Å². The number of benzene rings is 1. The molecular weight excluding hydrogens is 278 g/mol. The highest BCUT2D eigenvalue weighted by Gasteiger charge is 2.28. The lowest BCUT2D eigenvalue weighted by Crippen LogP contribution is -2.35. The number of halogens is 1. The van der Waals surface area contributed by atoms with E-state index >= 15 is 0 Å². The summed E-state index contributed by atoms with van der Waals surface area (Å²) in [5, 5.41) is 0.479. The Hall–Kier alpha value is -2.11. The van der Waals surface area contributed by atoms with Gasteiger partial charge in [0.15, 0.2) is 11.6 Å². The number of hydrogen-bond donors (Lipinski definition) is 1. The van der Waals surface area contributed by atoms with Gasteiger partial charge in [-0.25, -0.2) is 4.98 Å². The Kier molecular flexibility index (Phi) is 3.30. The molecule has 3 rings (SSSR count). The third-order valence-electron chi connectivity index (χ3n) is 3.00. The number of nitrogens with zero attached hydrogens (tertiary/aromatic N) is 2. The molecule has 0 saturated heterocycles. The van der Waals surface area contributed by atoms with Crippen LogP contribution < -0.4 is 15.4 Å². The second kappa shape index (κ2) is 5.11. The van der Waals surface area contributed by atoms with E-state index in [4.69, 9.17) is 22.1 Å². The summed E-state index contributed by atoms with van der Waals surface area (Å²) < 4.78 is 5.78. The summed E-state index contributed by atoms with van der Waals surface area (Å²) in [7, 11) is 0. The van der Waals surface area contributed by atoms with E-state index in [9.17, 15) is 4.79 Å². The highest BCUT2D eigenvalue weighted by molar-refractivity contribution is 6.31. The van der Waals surface area contributed by atoms with Crippen LogP contribution in [0.25, 0.3) is 0 Å². The summed E-state index contributed by atoms with van der Waals surface area (Å²) in [4.78, 5) is 18.4. The van der Waals surface area contributed by atoms with Gasteiger partial charge in [-0.1, -0.05) is 11.6 Å². The Morgan fingerprint density at radius 2 is 2.15 bits per heavy atom. The molecule has 0 radical (unpaired) electrons. The molecule has 0 saturated carbocycles. The van der Waals surface area contributed by atoms with Crippen molar-refractivity contribution in [2.45, 2.75) is 0 Å². The molecule has 1 aromatic carbocycles. The summed E-state index contributed by atoms with van der Waals surface area (Å²) in [5.74, 6) is 1.24. The Labute approximate surface area is 120 Å². The van der Waals surface area contributed by atoms with Gasteiger partial charge in [-0.05, 0) is 30.3 Å². The fraction of sp³-hybridized carbons (Fsp3) is 0.143. The second-order valence-electron chi connectivity index (χ2n) is 4.31. The van der Waals surface area contributed by atoms with Gasteiger partial charge < -0.3 is 10.5 Å². The predicted octanol–water partition coefficient (Wildman–Crippen LogP) is 2.45. The molecule has 1 aliphatic rings. The van der Waals surface area contributed by atoms with Crippen LogP contribution in [0.2, 0.25) is 5.02 Å². The summed E-state index contributed by atoms with van der Waals surface area (Å²) in [5.41, 5.74) is 6.00. The Morgan fingerprint density at radius 3 is 2.95 bits per heavy atom. The van der Waals surface area contributed by atoms with Gasteiger partial charge in [-0.2, -0.15) is 0 Å². The van der Waals surface area contributed by atoms with Crippen LogP contribution in [0.4, 0.5) is 5.82 Å². The minimum absolute atomic E-state index is 0.217. The highest BCUT2D eigenvalue weighted by atomic mass is 35.5. The number of aromatic nitrogens is 1. The predicted molar refractivity (Wildman–Crippen MR) is 76.5 cm³/mol. The zero-order valence-corrected chi connectivity index (χ0v) is 11.3. The van der Waals surface area contributed by atoms with Crippen LogP contribution in [0.1, 0.15) is 10.4 Å². The Balaban J connectivity index is 2.19. The van der Waals surface area contributed by atoms with Crippen molar-refractivity contribution in [3.63, 3.8) is 0 Å². The van der Waals surface area contributed by atoms with Gasteiger partial charge in [-0.3, -0.25) is 9.69 Å². The first-order valence-electron chi connectivity index (χ1n) is 6.15. The van der Waals surface area contributed by atoms with Crippen LogP contribution in [-0.4, -0.2) is 24.0 Å². The number of rotatable bonds is 2. The standard InChI is InChI=1S/C14H12ClN3O2/c15-9-3-4-11-10(8-9)14(19)18(7-5-16)13-12(20-11)2-1-6-17-13/h1-4,6,8H,5,7,16H2. The minimum Gasteiger partial charge on any atom is -0.453 e. The fourth-order valence-electron chi connectivity index (χ4n) is 2.12. The molecule has 20 heavy (non-hydrogen) atoms. The van der Waals surface area contributed by atoms with Crippen LogP contribution >= 0.6 is 11.6 Å². The van der Waals surface area contributed by atoms with Crippen LogP contribution in [-0.2, 0) is 0 Å². The Morgan fingerprint density at radius 1 is 1.30 bits per heavy atom. The molecule has 6 heteroatoms. The molecule has 0 spiro atoms. The average molecular weight is 290 g/mol. The van der Waals surface area contributed by atoms with Crippen molar-refractivity contribution in [1.82, 2.24) is 4.98 Å². The number of carbonyl (C=O) groups excluding carboxylic acids is 1. The molecule has 1 aromatic heterocycles. The van der Waals surface area contributed by atoms with Crippen molar-refractivity contribution in [3.8, 4) is 11.5 Å². The van der Waals surface area contributed by atoms with E-state index in [2.05, 4.69) is 4.98 Å². The molecule has 2 heterocycles. The number of pyridine rings is 1. The number of anilines is 1. The van der Waals surface area contributed by atoms with E-state index in [-0.39, 0.29) is 5.91 Å². The molecule has 102 valence electrons. The first-order valence-corrected chi connectivity index (χ1v) is 6.53. The normalized spacial score (nSPS) is 13.3. The summed E-state index contributed by atoms with van der Waals surface area (Å²) in [6.45, 7) is 0.690. The molecule has 0 bridgehead atoms. The maximum Gasteiger partial charge on any atom is 0.263 e. The van der Waals surface area contributed by atoms with Gasteiger partial charge in [0.2, 0.25) is 0 Å². The smallest absolute Gasteiger partial charge is 0.263 e. The second-order valence-corrected chi connectivity index (χ2v) is 4.75. The fourth-order valence-corrected chi connectivity index (χ4v) is 2.29. The number of fused-ring (bicyclic) bond motifs is 2. The lowest BCUT2D eigenvalue weighted by molar-refractivity contribution is 0.0987. The first kappa shape index (κ1) is 12.9. The van der Waals surface area contributed by atoms with Crippen molar-refractivity contribution in [2.24, 2.45) is 5.73 Å². The number of ether oxygens (including phenoxy) is 1. The van der Waals surface area contributed by atoms with E-state index in [0.29, 0.717) is 41.0 Å². The minimum atomic E-state index is -0.217. The SMILES string of the molecule is NCCN1C(=O)c2cc(Cl)ccc2Oc2cccnc21. The van der Waals surface area contributed by atoms with E-state index in [1.807, 2.05) is 0 Å². The number of carbonyl (C=O) groups is 1. The summed E-state index contributed by atoms with van der Waals surface area (Å²) >= 11 is 5.96. The van der Waals surface area contributed by atoms with E-state index in [0.717, 1.165) is 0 Å². The molecule has 1 amide bonds. The third kappa shape index (κ3) is 2.11. The van der Waals surface area contributed by atoms with Crippen molar-refractivity contribution in [2.75, 3.05) is 18.0 Å². The van der Waals surface area contributed by atoms with Gasteiger partial charge in [-0.15, -0.1) is 0 Å². The van der Waals surface area contributed by atoms with Gasteiger partial charge in [0.05, 0.1) is 5.56 Å². The van der Waals surface area contributed by atoms with E-state index < -0.39 is 0 Å². The average Bonchev–Trinajstić information content (AvgIpc) is 2.57. The number of nitrogens with two attached hydrogens (primary N) is 1. The van der Waals surface area contributed by atoms with Crippen LogP contribution in [0, 0.1) is 0 Å². The van der Waals surface area contributed by atoms with E-state index in [1.165, 1.54) is 4.90 Å². The van der Waals surface area contributed by atoms with Gasteiger partial charge in [0.1, 0.15) is 5.75 Å². The summed E-state index contributed by atoms with van der Waals surface area (Å²) in [6.07, 6.45) is 1.61. The van der Waals surface area contributed by atoms with Gasteiger partial charge in [0, 0.05) is 24.3 Å². The molecule has 0 unspecified atom stereocenters. The van der Waals surface area contributed by atoms with Crippen LogP contribution in [0.3, 0.4) is 0 Å². The monoisotopic (exact) mass is 289 g/mol. The largest absolute Gasteiger partial charge is 0.453 e. The van der Waals surface area contributed by atoms with Crippen molar-refractivity contribution in [3.05, 3.63) is 47.1 Å². The zero-order chi connectivity index (χ0) is 14.1. The van der Waals surface area contributed by atoms with Gasteiger partial charge >= 0.3 is 0 Å². The quantitative estimate of drug-likeness (QED) is 0.922. The molecule has 0 fully saturated rings. The lowest BCUT2D eigenvalue weighted by Gasteiger charge is -2.19. The zero-order valence-electron chi connectivity index (χ0n) is 10.5. The van der Waals surface area contributed by atoms with E-state index in [1.54, 1.807) is 36.5 Å². The number of amides is 1. The number of hydrogen-bond acceptors (Lipinski definition) is 4. The molecular formula is C14H12ClN3O2.